The average molecular weight is 251 g/mol. The molecule has 0 spiro atoms. The van der Waals surface area contributed by atoms with Crippen molar-refractivity contribution in [1.29, 1.82) is 0 Å². The molecule has 1 saturated heterocycles. The number of rotatable bonds is 2. The van der Waals surface area contributed by atoms with Gasteiger partial charge in [0.25, 0.3) is 0 Å². The SMILES string of the molecule is CC1CC(N)CCN1c1ccc(C(N)=O)cc1F. The summed E-state index contributed by atoms with van der Waals surface area (Å²) in [5, 5.41) is 0. The molecule has 4 N–H and O–H groups in total. The van der Waals surface area contributed by atoms with Crippen LogP contribution in [0.1, 0.15) is 30.1 Å². The zero-order chi connectivity index (χ0) is 13.3. The smallest absolute Gasteiger partial charge is 0.248 e. The monoisotopic (exact) mass is 251 g/mol. The molecular weight excluding hydrogens is 233 g/mol. The Balaban J connectivity index is 2.26. The van der Waals surface area contributed by atoms with Crippen LogP contribution < -0.4 is 16.4 Å². The zero-order valence-electron chi connectivity index (χ0n) is 10.4. The molecule has 4 nitrogen and oxygen atoms in total. The molecular formula is C13H18FN3O. The van der Waals surface area contributed by atoms with Gasteiger partial charge in [0.15, 0.2) is 0 Å². The molecule has 1 heterocycles. The summed E-state index contributed by atoms with van der Waals surface area (Å²) in [4.78, 5) is 13.0. The van der Waals surface area contributed by atoms with Gasteiger partial charge in [0.2, 0.25) is 5.91 Å². The van der Waals surface area contributed by atoms with Crippen molar-refractivity contribution in [3.8, 4) is 0 Å². The first-order chi connectivity index (χ1) is 8.49. The highest BCUT2D eigenvalue weighted by atomic mass is 19.1. The number of hydrogen-bond donors (Lipinski definition) is 2. The fourth-order valence-corrected chi connectivity index (χ4v) is 2.46. The molecule has 1 amide bonds. The Morgan fingerprint density at radius 1 is 1.50 bits per heavy atom. The van der Waals surface area contributed by atoms with Crippen LogP contribution in [0.25, 0.3) is 0 Å². The molecule has 0 radical (unpaired) electrons. The number of carbonyl (C=O) groups excluding carboxylic acids is 1. The van der Waals surface area contributed by atoms with Gasteiger partial charge in [-0.25, -0.2) is 4.39 Å². The number of amides is 1. The first-order valence-corrected chi connectivity index (χ1v) is 6.10. The van der Waals surface area contributed by atoms with E-state index in [-0.39, 0.29) is 17.6 Å². The molecule has 1 fully saturated rings. The highest BCUT2D eigenvalue weighted by Crippen LogP contribution is 2.27. The van der Waals surface area contributed by atoms with Crippen molar-refractivity contribution in [3.63, 3.8) is 0 Å². The van der Waals surface area contributed by atoms with Gasteiger partial charge in [0.05, 0.1) is 5.69 Å². The van der Waals surface area contributed by atoms with Crippen LogP contribution in [0, 0.1) is 5.82 Å². The van der Waals surface area contributed by atoms with Crippen LogP contribution >= 0.6 is 0 Å². The molecule has 1 aliphatic heterocycles. The number of benzene rings is 1. The van der Waals surface area contributed by atoms with Gasteiger partial charge in [-0.2, -0.15) is 0 Å². The lowest BCUT2D eigenvalue weighted by Crippen LogP contribution is -2.46. The van der Waals surface area contributed by atoms with Gasteiger partial charge in [0.1, 0.15) is 5.82 Å². The lowest BCUT2D eigenvalue weighted by atomic mass is 9.98. The van der Waals surface area contributed by atoms with E-state index in [0.29, 0.717) is 5.69 Å². The fourth-order valence-electron chi connectivity index (χ4n) is 2.46. The van der Waals surface area contributed by atoms with E-state index in [9.17, 15) is 9.18 Å². The van der Waals surface area contributed by atoms with E-state index in [0.717, 1.165) is 19.4 Å². The van der Waals surface area contributed by atoms with E-state index in [4.69, 9.17) is 11.5 Å². The minimum absolute atomic E-state index is 0.184. The van der Waals surface area contributed by atoms with E-state index >= 15 is 0 Å². The molecule has 2 rings (SSSR count). The van der Waals surface area contributed by atoms with Crippen molar-refractivity contribution in [2.24, 2.45) is 11.5 Å². The van der Waals surface area contributed by atoms with Crippen molar-refractivity contribution in [2.45, 2.75) is 31.8 Å². The van der Waals surface area contributed by atoms with Crippen molar-refractivity contribution < 1.29 is 9.18 Å². The van der Waals surface area contributed by atoms with Crippen LogP contribution in [-0.2, 0) is 0 Å². The van der Waals surface area contributed by atoms with Crippen molar-refractivity contribution in [3.05, 3.63) is 29.6 Å². The molecule has 0 saturated carbocycles. The van der Waals surface area contributed by atoms with Gasteiger partial charge in [-0.1, -0.05) is 0 Å². The summed E-state index contributed by atoms with van der Waals surface area (Å²) in [5.41, 5.74) is 11.7. The molecule has 1 aromatic carbocycles. The van der Waals surface area contributed by atoms with Crippen LogP contribution in [0.2, 0.25) is 0 Å². The number of primary amides is 1. The van der Waals surface area contributed by atoms with Crippen molar-refractivity contribution in [2.75, 3.05) is 11.4 Å². The second-order valence-corrected chi connectivity index (χ2v) is 4.86. The topological polar surface area (TPSA) is 72.3 Å². The number of nitrogens with two attached hydrogens (primary N) is 2. The normalized spacial score (nSPS) is 24.1. The molecule has 98 valence electrons. The highest BCUT2D eigenvalue weighted by Gasteiger charge is 2.25. The van der Waals surface area contributed by atoms with Crippen LogP contribution in [0.3, 0.4) is 0 Å². The maximum Gasteiger partial charge on any atom is 0.248 e. The first kappa shape index (κ1) is 12.8. The van der Waals surface area contributed by atoms with E-state index in [1.54, 1.807) is 12.1 Å². The summed E-state index contributed by atoms with van der Waals surface area (Å²) in [6.07, 6.45) is 1.69. The number of piperidine rings is 1. The maximum atomic E-state index is 14.0. The first-order valence-electron chi connectivity index (χ1n) is 6.10. The Labute approximate surface area is 106 Å². The third kappa shape index (κ3) is 2.46. The summed E-state index contributed by atoms with van der Waals surface area (Å²) in [7, 11) is 0. The third-order valence-corrected chi connectivity index (χ3v) is 3.46. The lowest BCUT2D eigenvalue weighted by Gasteiger charge is -2.38. The predicted octanol–water partition coefficient (Wildman–Crippen LogP) is 1.24. The van der Waals surface area contributed by atoms with Gasteiger partial charge >= 0.3 is 0 Å². The van der Waals surface area contributed by atoms with E-state index < -0.39 is 11.7 Å². The number of nitrogens with zero attached hydrogens (tertiary/aromatic N) is 1. The second-order valence-electron chi connectivity index (χ2n) is 4.86. The Bertz CT molecular complexity index is 464. The van der Waals surface area contributed by atoms with Gasteiger partial charge < -0.3 is 16.4 Å². The second kappa shape index (κ2) is 4.94. The summed E-state index contributed by atoms with van der Waals surface area (Å²) in [5.74, 6) is -1.03. The van der Waals surface area contributed by atoms with E-state index in [1.165, 1.54) is 6.07 Å². The summed E-state index contributed by atoms with van der Waals surface area (Å²) in [6.45, 7) is 2.76. The largest absolute Gasteiger partial charge is 0.366 e. The minimum Gasteiger partial charge on any atom is -0.366 e. The van der Waals surface area contributed by atoms with Crippen molar-refractivity contribution >= 4 is 11.6 Å². The van der Waals surface area contributed by atoms with Gasteiger partial charge in [-0.3, -0.25) is 4.79 Å². The van der Waals surface area contributed by atoms with Gasteiger partial charge in [-0.05, 0) is 38.0 Å². The maximum absolute atomic E-state index is 14.0. The molecule has 0 aliphatic carbocycles. The summed E-state index contributed by atoms with van der Waals surface area (Å²) < 4.78 is 14.0. The number of carbonyl (C=O) groups is 1. The quantitative estimate of drug-likeness (QED) is 0.830. The van der Waals surface area contributed by atoms with Crippen LogP contribution in [-0.4, -0.2) is 24.5 Å². The van der Waals surface area contributed by atoms with Crippen LogP contribution in [0.4, 0.5) is 10.1 Å². The summed E-state index contributed by atoms with van der Waals surface area (Å²) >= 11 is 0. The molecule has 0 aromatic heterocycles. The Morgan fingerprint density at radius 3 is 2.78 bits per heavy atom. The van der Waals surface area contributed by atoms with Crippen LogP contribution in [0.15, 0.2) is 18.2 Å². The van der Waals surface area contributed by atoms with E-state index in [2.05, 4.69) is 0 Å². The zero-order valence-corrected chi connectivity index (χ0v) is 10.4. The average Bonchev–Trinajstić information content (AvgIpc) is 2.30. The van der Waals surface area contributed by atoms with Crippen LogP contribution in [0.5, 0.6) is 0 Å². The highest BCUT2D eigenvalue weighted by molar-refractivity contribution is 5.93. The third-order valence-electron chi connectivity index (χ3n) is 3.46. The molecule has 2 atom stereocenters. The minimum atomic E-state index is -0.617. The molecule has 1 aromatic rings. The number of hydrogen-bond acceptors (Lipinski definition) is 3. The number of anilines is 1. The summed E-state index contributed by atoms with van der Waals surface area (Å²) in [6, 6.07) is 4.75. The predicted molar refractivity (Wildman–Crippen MR) is 68.9 cm³/mol. The Kier molecular flexibility index (Phi) is 3.52. The molecule has 2 unspecified atom stereocenters. The fraction of sp³-hybridized carbons (Fsp3) is 0.462. The molecule has 1 aliphatic rings. The molecule has 18 heavy (non-hydrogen) atoms. The lowest BCUT2D eigenvalue weighted by molar-refractivity contribution is 0.1000. The van der Waals surface area contributed by atoms with Gasteiger partial charge in [0, 0.05) is 24.2 Å². The molecule has 5 heteroatoms. The van der Waals surface area contributed by atoms with Crippen molar-refractivity contribution in [1.82, 2.24) is 0 Å². The Morgan fingerprint density at radius 2 is 2.22 bits per heavy atom. The molecule has 0 bridgehead atoms. The van der Waals surface area contributed by atoms with E-state index in [1.807, 2.05) is 11.8 Å². The van der Waals surface area contributed by atoms with Gasteiger partial charge in [-0.15, -0.1) is 0 Å². The standard InChI is InChI=1S/C13H18FN3O/c1-8-6-10(15)4-5-17(8)12-3-2-9(13(16)18)7-11(12)14/h2-3,7-8,10H,4-6,15H2,1H3,(H2,16,18). The Hall–Kier alpha value is -1.62. The number of halogens is 1.